The maximum atomic E-state index is 5.42. The molecule has 100 valence electrons. The van der Waals surface area contributed by atoms with Gasteiger partial charge < -0.3 is 15.4 Å². The Morgan fingerprint density at radius 3 is 2.83 bits per heavy atom. The second-order valence-corrected chi connectivity index (χ2v) is 5.24. The molecule has 0 bridgehead atoms. The first-order valence-corrected chi connectivity index (χ1v) is 6.88. The molecule has 18 heavy (non-hydrogen) atoms. The molecule has 0 radical (unpaired) electrons. The first-order valence-electron chi connectivity index (χ1n) is 6.88. The number of benzene rings is 1. The van der Waals surface area contributed by atoms with Crippen molar-refractivity contribution in [2.75, 3.05) is 13.1 Å². The predicted molar refractivity (Wildman–Crippen MR) is 74.4 cm³/mol. The molecule has 0 saturated heterocycles. The van der Waals surface area contributed by atoms with Crippen LogP contribution in [0.15, 0.2) is 18.2 Å². The molecule has 0 saturated carbocycles. The third kappa shape index (κ3) is 4.09. The second kappa shape index (κ2) is 6.88. The molecule has 3 heteroatoms. The fraction of sp³-hybridized carbons (Fsp3) is 0.600. The van der Waals surface area contributed by atoms with Gasteiger partial charge in [-0.15, -0.1) is 0 Å². The molecule has 1 aliphatic heterocycles. The molecule has 0 amide bonds. The van der Waals surface area contributed by atoms with Crippen LogP contribution in [0.2, 0.25) is 0 Å². The Bertz CT molecular complexity index is 377. The number of nitrogens with one attached hydrogen (secondary N) is 2. The second-order valence-electron chi connectivity index (χ2n) is 5.24. The van der Waals surface area contributed by atoms with Gasteiger partial charge in [0.2, 0.25) is 0 Å². The fourth-order valence-electron chi connectivity index (χ4n) is 2.17. The lowest BCUT2D eigenvalue weighted by atomic mass is 10.1. The minimum Gasteiger partial charge on any atom is -0.372 e. The molecule has 2 N–H and O–H groups in total. The number of fused-ring (bicyclic) bond motifs is 1. The summed E-state index contributed by atoms with van der Waals surface area (Å²) in [7, 11) is 0. The van der Waals surface area contributed by atoms with E-state index in [2.05, 4.69) is 42.7 Å². The lowest BCUT2D eigenvalue weighted by Crippen LogP contribution is -2.26. The summed E-state index contributed by atoms with van der Waals surface area (Å²) in [6.45, 7) is 9.02. The van der Waals surface area contributed by atoms with Crippen molar-refractivity contribution in [1.82, 2.24) is 10.6 Å². The molecule has 3 nitrogen and oxygen atoms in total. The van der Waals surface area contributed by atoms with Crippen molar-refractivity contribution in [3.8, 4) is 0 Å². The zero-order chi connectivity index (χ0) is 12.8. The molecule has 1 aliphatic rings. The summed E-state index contributed by atoms with van der Waals surface area (Å²) in [5, 5.41) is 6.91. The van der Waals surface area contributed by atoms with Crippen molar-refractivity contribution in [2.45, 2.75) is 46.1 Å². The Balaban J connectivity index is 1.65. The van der Waals surface area contributed by atoms with Crippen LogP contribution in [0.25, 0.3) is 0 Å². The van der Waals surface area contributed by atoms with Gasteiger partial charge in [0.05, 0.1) is 13.2 Å². The molecule has 0 fully saturated rings. The minimum absolute atomic E-state index is 0.585. The molecule has 0 spiro atoms. The van der Waals surface area contributed by atoms with E-state index >= 15 is 0 Å². The van der Waals surface area contributed by atoms with E-state index in [1.165, 1.54) is 23.1 Å². The van der Waals surface area contributed by atoms with Gasteiger partial charge in [0.25, 0.3) is 0 Å². The van der Waals surface area contributed by atoms with E-state index in [4.69, 9.17) is 4.74 Å². The van der Waals surface area contributed by atoms with Crippen LogP contribution >= 0.6 is 0 Å². The van der Waals surface area contributed by atoms with E-state index in [1.807, 2.05) is 0 Å². The Labute approximate surface area is 110 Å². The van der Waals surface area contributed by atoms with Gasteiger partial charge in [-0.2, -0.15) is 0 Å². The van der Waals surface area contributed by atoms with Gasteiger partial charge in [-0.05, 0) is 36.2 Å². The van der Waals surface area contributed by atoms with Gasteiger partial charge in [0.15, 0.2) is 0 Å². The highest BCUT2D eigenvalue weighted by Crippen LogP contribution is 2.20. The van der Waals surface area contributed by atoms with Crippen LogP contribution in [0.5, 0.6) is 0 Å². The van der Waals surface area contributed by atoms with Crippen LogP contribution in [-0.4, -0.2) is 19.1 Å². The highest BCUT2D eigenvalue weighted by molar-refractivity contribution is 5.33. The SMILES string of the molecule is CC(C)NCCCNCc1ccc2c(c1)COC2. The summed E-state index contributed by atoms with van der Waals surface area (Å²) in [4.78, 5) is 0. The van der Waals surface area contributed by atoms with Crippen LogP contribution in [-0.2, 0) is 24.5 Å². The predicted octanol–water partition coefficient (Wildman–Crippen LogP) is 2.19. The summed E-state index contributed by atoms with van der Waals surface area (Å²) in [5.41, 5.74) is 4.06. The summed E-state index contributed by atoms with van der Waals surface area (Å²) < 4.78 is 5.42. The molecule has 1 aromatic rings. The maximum Gasteiger partial charge on any atom is 0.0725 e. The summed E-state index contributed by atoms with van der Waals surface area (Å²) >= 11 is 0. The average molecular weight is 248 g/mol. The van der Waals surface area contributed by atoms with E-state index in [0.29, 0.717) is 6.04 Å². The van der Waals surface area contributed by atoms with Gasteiger partial charge in [-0.3, -0.25) is 0 Å². The normalized spacial score (nSPS) is 14.2. The highest BCUT2D eigenvalue weighted by Gasteiger charge is 2.10. The van der Waals surface area contributed by atoms with Crippen LogP contribution in [0.1, 0.15) is 37.0 Å². The molecule has 0 unspecified atom stereocenters. The van der Waals surface area contributed by atoms with E-state index in [0.717, 1.165) is 32.8 Å². The summed E-state index contributed by atoms with van der Waals surface area (Å²) in [6.07, 6.45) is 1.17. The Hall–Kier alpha value is -0.900. The van der Waals surface area contributed by atoms with E-state index < -0.39 is 0 Å². The summed E-state index contributed by atoms with van der Waals surface area (Å²) in [5.74, 6) is 0. The van der Waals surface area contributed by atoms with Gasteiger partial charge in [-0.1, -0.05) is 32.0 Å². The zero-order valence-corrected chi connectivity index (χ0v) is 11.5. The molecule has 0 atom stereocenters. The van der Waals surface area contributed by atoms with E-state index in [-0.39, 0.29) is 0 Å². The minimum atomic E-state index is 0.585. The zero-order valence-electron chi connectivity index (χ0n) is 11.5. The summed E-state index contributed by atoms with van der Waals surface area (Å²) in [6, 6.07) is 7.25. The molecule has 0 aromatic heterocycles. The molecule has 1 heterocycles. The van der Waals surface area contributed by atoms with Crippen LogP contribution in [0, 0.1) is 0 Å². The number of ether oxygens (including phenoxy) is 1. The Morgan fingerprint density at radius 2 is 2.00 bits per heavy atom. The van der Waals surface area contributed by atoms with Crippen LogP contribution in [0.4, 0.5) is 0 Å². The highest BCUT2D eigenvalue weighted by atomic mass is 16.5. The van der Waals surface area contributed by atoms with Gasteiger partial charge in [-0.25, -0.2) is 0 Å². The van der Waals surface area contributed by atoms with Crippen LogP contribution in [0.3, 0.4) is 0 Å². The van der Waals surface area contributed by atoms with Crippen molar-refractivity contribution in [3.05, 3.63) is 34.9 Å². The van der Waals surface area contributed by atoms with E-state index in [9.17, 15) is 0 Å². The Morgan fingerprint density at radius 1 is 1.17 bits per heavy atom. The largest absolute Gasteiger partial charge is 0.372 e. The molecule has 1 aromatic carbocycles. The van der Waals surface area contributed by atoms with Crippen molar-refractivity contribution >= 4 is 0 Å². The monoisotopic (exact) mass is 248 g/mol. The molecular formula is C15H24N2O. The average Bonchev–Trinajstić information content (AvgIpc) is 2.80. The molecular weight excluding hydrogens is 224 g/mol. The quantitative estimate of drug-likeness (QED) is 0.726. The first kappa shape index (κ1) is 13.5. The maximum absolute atomic E-state index is 5.42. The smallest absolute Gasteiger partial charge is 0.0725 e. The van der Waals surface area contributed by atoms with E-state index in [1.54, 1.807) is 0 Å². The van der Waals surface area contributed by atoms with Crippen molar-refractivity contribution in [3.63, 3.8) is 0 Å². The lowest BCUT2D eigenvalue weighted by molar-refractivity contribution is 0.134. The molecule has 0 aliphatic carbocycles. The Kier molecular flexibility index (Phi) is 5.17. The van der Waals surface area contributed by atoms with Crippen molar-refractivity contribution in [2.24, 2.45) is 0 Å². The van der Waals surface area contributed by atoms with Gasteiger partial charge in [0.1, 0.15) is 0 Å². The number of rotatable bonds is 7. The number of hydrogen-bond acceptors (Lipinski definition) is 3. The standard InChI is InChI=1S/C15H24N2O/c1-12(2)17-7-3-6-16-9-13-4-5-14-10-18-11-15(14)8-13/h4-5,8,12,16-17H,3,6-7,9-11H2,1-2H3. The van der Waals surface area contributed by atoms with Gasteiger partial charge in [0, 0.05) is 12.6 Å². The first-order chi connectivity index (χ1) is 8.75. The number of hydrogen-bond donors (Lipinski definition) is 2. The third-order valence-corrected chi connectivity index (χ3v) is 3.20. The van der Waals surface area contributed by atoms with Crippen molar-refractivity contribution in [1.29, 1.82) is 0 Å². The third-order valence-electron chi connectivity index (χ3n) is 3.20. The topological polar surface area (TPSA) is 33.3 Å². The van der Waals surface area contributed by atoms with Crippen LogP contribution < -0.4 is 10.6 Å². The van der Waals surface area contributed by atoms with Crippen molar-refractivity contribution < 1.29 is 4.74 Å². The molecule has 2 rings (SSSR count). The fourth-order valence-corrected chi connectivity index (χ4v) is 2.17. The van der Waals surface area contributed by atoms with Gasteiger partial charge >= 0.3 is 0 Å². The lowest BCUT2D eigenvalue weighted by Gasteiger charge is -2.09.